The molecular weight excluding hydrogens is 218 g/mol. The SMILES string of the molecule is C=CC(CCCCCCCCCCC)NCCC. The van der Waals surface area contributed by atoms with Gasteiger partial charge in [0.05, 0.1) is 0 Å². The minimum Gasteiger partial charge on any atom is -0.311 e. The highest BCUT2D eigenvalue weighted by Gasteiger charge is 2.01. The summed E-state index contributed by atoms with van der Waals surface area (Å²) in [5.74, 6) is 0. The number of nitrogens with one attached hydrogen (secondary N) is 1. The summed E-state index contributed by atoms with van der Waals surface area (Å²) in [6.45, 7) is 9.52. The van der Waals surface area contributed by atoms with E-state index in [0.717, 1.165) is 6.54 Å². The van der Waals surface area contributed by atoms with Crippen LogP contribution in [0, 0.1) is 0 Å². The fraction of sp³-hybridized carbons (Fsp3) is 0.882. The summed E-state index contributed by atoms with van der Waals surface area (Å²) in [4.78, 5) is 0. The highest BCUT2D eigenvalue weighted by atomic mass is 14.9. The molecular formula is C17H35N. The summed E-state index contributed by atoms with van der Waals surface area (Å²) in [6.07, 6.45) is 17.2. The van der Waals surface area contributed by atoms with E-state index in [1.54, 1.807) is 0 Å². The summed E-state index contributed by atoms with van der Waals surface area (Å²) in [7, 11) is 0. The van der Waals surface area contributed by atoms with E-state index in [2.05, 4.69) is 31.8 Å². The van der Waals surface area contributed by atoms with Gasteiger partial charge in [0.2, 0.25) is 0 Å². The van der Waals surface area contributed by atoms with Crippen LogP contribution >= 0.6 is 0 Å². The molecule has 0 saturated carbocycles. The maximum absolute atomic E-state index is 3.91. The van der Waals surface area contributed by atoms with Crippen molar-refractivity contribution in [3.63, 3.8) is 0 Å². The summed E-state index contributed by atoms with van der Waals surface area (Å²) in [6, 6.07) is 0.537. The van der Waals surface area contributed by atoms with Gasteiger partial charge < -0.3 is 5.32 Å². The molecule has 0 radical (unpaired) electrons. The zero-order valence-corrected chi connectivity index (χ0v) is 12.8. The van der Waals surface area contributed by atoms with Crippen molar-refractivity contribution in [1.82, 2.24) is 5.32 Å². The Morgan fingerprint density at radius 3 is 1.89 bits per heavy atom. The van der Waals surface area contributed by atoms with Crippen molar-refractivity contribution >= 4 is 0 Å². The standard InChI is InChI=1S/C17H35N/c1-4-7-8-9-10-11-12-13-14-15-17(6-3)18-16-5-2/h6,17-18H,3-5,7-16H2,1-2H3. The minimum absolute atomic E-state index is 0.537. The molecule has 0 heterocycles. The molecule has 1 N–H and O–H groups in total. The van der Waals surface area contributed by atoms with Gasteiger partial charge >= 0.3 is 0 Å². The Kier molecular flexibility index (Phi) is 14.5. The van der Waals surface area contributed by atoms with E-state index in [4.69, 9.17) is 0 Å². The molecule has 0 aliphatic rings. The van der Waals surface area contributed by atoms with Crippen LogP contribution in [0.1, 0.15) is 84.5 Å². The average Bonchev–Trinajstić information content (AvgIpc) is 2.40. The Labute approximate surface area is 115 Å². The van der Waals surface area contributed by atoms with E-state index in [1.165, 1.54) is 70.6 Å². The molecule has 0 spiro atoms. The summed E-state index contributed by atoms with van der Waals surface area (Å²) in [5.41, 5.74) is 0. The van der Waals surface area contributed by atoms with Crippen molar-refractivity contribution in [3.05, 3.63) is 12.7 Å². The quantitative estimate of drug-likeness (QED) is 0.320. The second kappa shape index (κ2) is 14.8. The maximum Gasteiger partial charge on any atom is 0.0247 e. The summed E-state index contributed by atoms with van der Waals surface area (Å²) in [5, 5.41) is 3.53. The molecule has 0 aromatic rings. The van der Waals surface area contributed by atoms with Crippen LogP contribution in [-0.2, 0) is 0 Å². The molecule has 0 aliphatic heterocycles. The lowest BCUT2D eigenvalue weighted by Gasteiger charge is -2.13. The first-order chi connectivity index (χ1) is 8.85. The van der Waals surface area contributed by atoms with Gasteiger partial charge in [-0.1, -0.05) is 77.7 Å². The van der Waals surface area contributed by atoms with Gasteiger partial charge in [0.1, 0.15) is 0 Å². The minimum atomic E-state index is 0.537. The highest BCUT2D eigenvalue weighted by molar-refractivity contribution is 4.84. The van der Waals surface area contributed by atoms with Crippen LogP contribution in [0.5, 0.6) is 0 Å². The van der Waals surface area contributed by atoms with Crippen molar-refractivity contribution in [1.29, 1.82) is 0 Å². The van der Waals surface area contributed by atoms with E-state index in [9.17, 15) is 0 Å². The van der Waals surface area contributed by atoms with Gasteiger partial charge in [0, 0.05) is 6.04 Å². The van der Waals surface area contributed by atoms with Gasteiger partial charge in [-0.05, 0) is 19.4 Å². The van der Waals surface area contributed by atoms with Gasteiger partial charge in [-0.2, -0.15) is 0 Å². The van der Waals surface area contributed by atoms with Gasteiger partial charge in [-0.3, -0.25) is 0 Å². The molecule has 0 amide bonds. The highest BCUT2D eigenvalue weighted by Crippen LogP contribution is 2.11. The Bertz CT molecular complexity index is 165. The third-order valence-corrected chi connectivity index (χ3v) is 3.56. The van der Waals surface area contributed by atoms with Crippen LogP contribution in [0.4, 0.5) is 0 Å². The number of rotatable bonds is 14. The molecule has 0 aliphatic carbocycles. The molecule has 0 rings (SSSR count). The van der Waals surface area contributed by atoms with E-state index >= 15 is 0 Å². The Balaban J connectivity index is 3.20. The number of unbranched alkanes of at least 4 members (excludes halogenated alkanes) is 8. The van der Waals surface area contributed by atoms with Crippen molar-refractivity contribution in [3.8, 4) is 0 Å². The van der Waals surface area contributed by atoms with E-state index in [0.29, 0.717) is 6.04 Å². The monoisotopic (exact) mass is 253 g/mol. The summed E-state index contributed by atoms with van der Waals surface area (Å²) >= 11 is 0. The molecule has 0 aromatic heterocycles. The smallest absolute Gasteiger partial charge is 0.0247 e. The van der Waals surface area contributed by atoms with Gasteiger partial charge in [0.25, 0.3) is 0 Å². The topological polar surface area (TPSA) is 12.0 Å². The molecule has 1 nitrogen and oxygen atoms in total. The first kappa shape index (κ1) is 17.7. The molecule has 0 fully saturated rings. The molecule has 18 heavy (non-hydrogen) atoms. The summed E-state index contributed by atoms with van der Waals surface area (Å²) < 4.78 is 0. The predicted octanol–water partition coefficient (Wildman–Crippen LogP) is 5.46. The molecule has 0 aromatic carbocycles. The van der Waals surface area contributed by atoms with Crippen LogP contribution in [-0.4, -0.2) is 12.6 Å². The fourth-order valence-corrected chi connectivity index (χ4v) is 2.31. The van der Waals surface area contributed by atoms with Crippen LogP contribution in [0.2, 0.25) is 0 Å². The third-order valence-electron chi connectivity index (χ3n) is 3.56. The average molecular weight is 253 g/mol. The number of hydrogen-bond donors (Lipinski definition) is 1. The van der Waals surface area contributed by atoms with E-state index < -0.39 is 0 Å². The van der Waals surface area contributed by atoms with Crippen LogP contribution in [0.25, 0.3) is 0 Å². The second-order valence-electron chi connectivity index (χ2n) is 5.41. The predicted molar refractivity (Wildman–Crippen MR) is 84.1 cm³/mol. The molecule has 1 unspecified atom stereocenters. The largest absolute Gasteiger partial charge is 0.311 e. The van der Waals surface area contributed by atoms with Crippen LogP contribution in [0.3, 0.4) is 0 Å². The molecule has 1 atom stereocenters. The zero-order chi connectivity index (χ0) is 13.5. The van der Waals surface area contributed by atoms with Crippen molar-refractivity contribution in [2.45, 2.75) is 90.5 Å². The van der Waals surface area contributed by atoms with Crippen LogP contribution < -0.4 is 5.32 Å². The third kappa shape index (κ3) is 12.2. The van der Waals surface area contributed by atoms with Crippen LogP contribution in [0.15, 0.2) is 12.7 Å². The zero-order valence-electron chi connectivity index (χ0n) is 12.8. The van der Waals surface area contributed by atoms with Gasteiger partial charge in [-0.15, -0.1) is 6.58 Å². The molecule has 0 bridgehead atoms. The Morgan fingerprint density at radius 2 is 1.39 bits per heavy atom. The Morgan fingerprint density at radius 1 is 0.833 bits per heavy atom. The van der Waals surface area contributed by atoms with E-state index in [-0.39, 0.29) is 0 Å². The molecule has 0 saturated heterocycles. The van der Waals surface area contributed by atoms with Gasteiger partial charge in [-0.25, -0.2) is 0 Å². The maximum atomic E-state index is 3.91. The normalized spacial score (nSPS) is 12.6. The van der Waals surface area contributed by atoms with Crippen molar-refractivity contribution in [2.75, 3.05) is 6.54 Å². The fourth-order valence-electron chi connectivity index (χ4n) is 2.31. The lowest BCUT2D eigenvalue weighted by molar-refractivity contribution is 0.504. The first-order valence-electron chi connectivity index (χ1n) is 8.21. The molecule has 108 valence electrons. The lowest BCUT2D eigenvalue weighted by atomic mass is 10.0. The second-order valence-corrected chi connectivity index (χ2v) is 5.41. The molecule has 1 heteroatoms. The van der Waals surface area contributed by atoms with E-state index in [1.807, 2.05) is 0 Å². The van der Waals surface area contributed by atoms with Crippen molar-refractivity contribution < 1.29 is 0 Å². The van der Waals surface area contributed by atoms with Crippen molar-refractivity contribution in [2.24, 2.45) is 0 Å². The Hall–Kier alpha value is -0.300. The van der Waals surface area contributed by atoms with Gasteiger partial charge in [0.15, 0.2) is 0 Å². The number of hydrogen-bond acceptors (Lipinski definition) is 1. The lowest BCUT2D eigenvalue weighted by Crippen LogP contribution is -2.27. The first-order valence-corrected chi connectivity index (χ1v) is 8.21.